The van der Waals surface area contributed by atoms with Crippen molar-refractivity contribution in [1.82, 2.24) is 0 Å². The molecule has 0 saturated heterocycles. The second-order valence-electron chi connectivity index (χ2n) is 8.60. The quantitative estimate of drug-likeness (QED) is 0.434. The van der Waals surface area contributed by atoms with Gasteiger partial charge in [0.25, 0.3) is 0 Å². The number of nitrogens with zero attached hydrogens (tertiary/aromatic N) is 2. The van der Waals surface area contributed by atoms with Crippen molar-refractivity contribution in [2.45, 2.75) is 30.5 Å². The first kappa shape index (κ1) is 25.4. The molecule has 0 aromatic heterocycles. The lowest BCUT2D eigenvalue weighted by atomic mass is 9.71. The van der Waals surface area contributed by atoms with Crippen molar-refractivity contribution in [2.75, 3.05) is 18.0 Å². The zero-order valence-electron chi connectivity index (χ0n) is 18.6. The standard InChI is InChI=1S/C26H20F6N2O2/c27-25(28,29)23(35)15-34-16-24(21-9-1-2-10-22(21)34,13-17-5-3-6-18(11-17)14-33)19-7-4-8-20(12-19)36-26(30,31)32/h1-12,23,35H,13,15-16H2/t23-,24?/m1/s1. The molecule has 0 bridgehead atoms. The molecule has 0 spiro atoms. The highest BCUT2D eigenvalue weighted by Gasteiger charge is 2.47. The minimum Gasteiger partial charge on any atom is -0.406 e. The Labute approximate surface area is 203 Å². The Bertz CT molecular complexity index is 1280. The van der Waals surface area contributed by atoms with E-state index in [0.717, 1.165) is 6.07 Å². The molecule has 3 aromatic carbocycles. The molecule has 0 aliphatic carbocycles. The number of anilines is 1. The van der Waals surface area contributed by atoms with Crippen LogP contribution in [0.4, 0.5) is 32.0 Å². The van der Waals surface area contributed by atoms with Crippen LogP contribution in [0.3, 0.4) is 0 Å². The van der Waals surface area contributed by atoms with Gasteiger partial charge in [0, 0.05) is 17.6 Å². The molecule has 1 aliphatic rings. The Balaban J connectivity index is 1.86. The van der Waals surface area contributed by atoms with Crippen LogP contribution < -0.4 is 9.64 Å². The average molecular weight is 506 g/mol. The van der Waals surface area contributed by atoms with Crippen LogP contribution in [0.2, 0.25) is 0 Å². The third-order valence-electron chi connectivity index (χ3n) is 6.17. The molecule has 188 valence electrons. The molecule has 2 atom stereocenters. The first-order chi connectivity index (χ1) is 16.9. The number of aliphatic hydroxyl groups excluding tert-OH is 1. The molecule has 4 nitrogen and oxygen atoms in total. The lowest BCUT2D eigenvalue weighted by Crippen LogP contribution is -2.44. The normalized spacial score (nSPS) is 18.4. The van der Waals surface area contributed by atoms with Gasteiger partial charge < -0.3 is 14.7 Å². The molecule has 0 radical (unpaired) electrons. The molecule has 0 fully saturated rings. The molecular weight excluding hydrogens is 486 g/mol. The van der Waals surface area contributed by atoms with E-state index < -0.39 is 36.4 Å². The first-order valence-corrected chi connectivity index (χ1v) is 10.9. The van der Waals surface area contributed by atoms with Crippen molar-refractivity contribution in [1.29, 1.82) is 5.26 Å². The smallest absolute Gasteiger partial charge is 0.406 e. The Hall–Kier alpha value is -3.71. The van der Waals surface area contributed by atoms with Crippen molar-refractivity contribution in [3.8, 4) is 11.8 Å². The van der Waals surface area contributed by atoms with Crippen molar-refractivity contribution in [2.24, 2.45) is 0 Å². The second-order valence-corrected chi connectivity index (χ2v) is 8.60. The van der Waals surface area contributed by atoms with E-state index in [2.05, 4.69) is 4.74 Å². The molecule has 1 heterocycles. The first-order valence-electron chi connectivity index (χ1n) is 10.9. The fraction of sp³-hybridized carbons (Fsp3) is 0.269. The molecule has 36 heavy (non-hydrogen) atoms. The number of para-hydroxylation sites is 1. The molecule has 1 N–H and O–H groups in total. The summed E-state index contributed by atoms with van der Waals surface area (Å²) >= 11 is 0. The van der Waals surface area contributed by atoms with E-state index in [1.165, 1.54) is 17.0 Å². The fourth-order valence-electron chi connectivity index (χ4n) is 4.72. The van der Waals surface area contributed by atoms with Crippen LogP contribution in [0.25, 0.3) is 0 Å². The number of halogens is 6. The summed E-state index contributed by atoms with van der Waals surface area (Å²) in [5, 5.41) is 19.1. The number of hydrogen-bond donors (Lipinski definition) is 1. The number of rotatable bonds is 6. The third kappa shape index (κ3) is 5.26. The summed E-state index contributed by atoms with van der Waals surface area (Å²) in [6.45, 7) is -0.801. The fourth-order valence-corrected chi connectivity index (χ4v) is 4.72. The van der Waals surface area contributed by atoms with E-state index >= 15 is 0 Å². The predicted octanol–water partition coefficient (Wildman–Crippen LogP) is 5.73. The maximum atomic E-state index is 13.2. The number of hydrogen-bond acceptors (Lipinski definition) is 4. The molecule has 3 aromatic rings. The van der Waals surface area contributed by atoms with Gasteiger partial charge in [-0.3, -0.25) is 0 Å². The summed E-state index contributed by atoms with van der Waals surface area (Å²) in [5.41, 5.74) is 1.35. The van der Waals surface area contributed by atoms with Gasteiger partial charge >= 0.3 is 12.5 Å². The third-order valence-corrected chi connectivity index (χ3v) is 6.17. The van der Waals surface area contributed by atoms with Gasteiger partial charge in [-0.05, 0) is 53.4 Å². The van der Waals surface area contributed by atoms with Gasteiger partial charge in [0.15, 0.2) is 6.10 Å². The van der Waals surface area contributed by atoms with Gasteiger partial charge in [-0.1, -0.05) is 42.5 Å². The zero-order valence-corrected chi connectivity index (χ0v) is 18.6. The summed E-state index contributed by atoms with van der Waals surface area (Å²) < 4.78 is 82.5. The maximum absolute atomic E-state index is 13.2. The Kier molecular flexibility index (Phi) is 6.62. The van der Waals surface area contributed by atoms with E-state index in [1.54, 1.807) is 54.6 Å². The number of nitriles is 1. The van der Waals surface area contributed by atoms with Gasteiger partial charge in [0.2, 0.25) is 0 Å². The van der Waals surface area contributed by atoms with Crippen LogP contribution in [0.1, 0.15) is 22.3 Å². The molecule has 0 saturated carbocycles. The molecule has 1 unspecified atom stereocenters. The van der Waals surface area contributed by atoms with Crippen LogP contribution in [0.15, 0.2) is 72.8 Å². The number of β-amino-alcohol motifs (C(OH)–C–C–N with tert-alkyl or cyclic N) is 1. The second kappa shape index (κ2) is 9.39. The van der Waals surface area contributed by atoms with E-state index in [-0.39, 0.29) is 13.0 Å². The van der Waals surface area contributed by atoms with Crippen molar-refractivity contribution < 1.29 is 36.2 Å². The lowest BCUT2D eigenvalue weighted by molar-refractivity contribution is -0.274. The predicted molar refractivity (Wildman–Crippen MR) is 119 cm³/mol. The number of fused-ring (bicyclic) bond motifs is 1. The Morgan fingerprint density at radius 2 is 1.69 bits per heavy atom. The topological polar surface area (TPSA) is 56.5 Å². The van der Waals surface area contributed by atoms with Gasteiger partial charge in [-0.15, -0.1) is 13.2 Å². The minimum absolute atomic E-state index is 0.0499. The van der Waals surface area contributed by atoms with Crippen molar-refractivity contribution >= 4 is 5.69 Å². The van der Waals surface area contributed by atoms with Gasteiger partial charge in [0.05, 0.1) is 18.2 Å². The number of ether oxygens (including phenoxy) is 1. The van der Waals surface area contributed by atoms with Crippen LogP contribution in [0, 0.1) is 11.3 Å². The SMILES string of the molecule is N#Cc1cccc(CC2(c3cccc(OC(F)(F)F)c3)CN(C[C@@H](O)C(F)(F)F)c3ccccc32)c1. The van der Waals surface area contributed by atoms with E-state index in [9.17, 15) is 36.7 Å². The molecule has 4 rings (SSSR count). The van der Waals surface area contributed by atoms with E-state index in [4.69, 9.17) is 0 Å². The number of benzene rings is 3. The van der Waals surface area contributed by atoms with Gasteiger partial charge in [-0.2, -0.15) is 18.4 Å². The lowest BCUT2D eigenvalue weighted by Gasteiger charge is -2.33. The van der Waals surface area contributed by atoms with Gasteiger partial charge in [-0.25, -0.2) is 0 Å². The van der Waals surface area contributed by atoms with Crippen LogP contribution in [0.5, 0.6) is 5.75 Å². The van der Waals surface area contributed by atoms with Gasteiger partial charge in [0.1, 0.15) is 5.75 Å². The Morgan fingerprint density at radius 1 is 0.972 bits per heavy atom. The maximum Gasteiger partial charge on any atom is 0.573 e. The minimum atomic E-state index is -4.93. The number of alkyl halides is 6. The van der Waals surface area contributed by atoms with Crippen LogP contribution >= 0.6 is 0 Å². The molecule has 10 heteroatoms. The number of aliphatic hydroxyl groups is 1. The highest BCUT2D eigenvalue weighted by molar-refractivity contribution is 5.67. The van der Waals surface area contributed by atoms with Crippen LogP contribution in [-0.4, -0.2) is 36.8 Å². The van der Waals surface area contributed by atoms with E-state index in [1.807, 2.05) is 6.07 Å². The highest BCUT2D eigenvalue weighted by Crippen LogP contribution is 2.48. The van der Waals surface area contributed by atoms with E-state index in [0.29, 0.717) is 27.9 Å². The summed E-state index contributed by atoms with van der Waals surface area (Å²) in [4.78, 5) is 1.39. The summed E-state index contributed by atoms with van der Waals surface area (Å²) in [5.74, 6) is -0.462. The molecule has 1 aliphatic heterocycles. The monoisotopic (exact) mass is 506 g/mol. The Morgan fingerprint density at radius 3 is 2.39 bits per heavy atom. The van der Waals surface area contributed by atoms with Crippen LogP contribution in [-0.2, 0) is 11.8 Å². The average Bonchev–Trinajstić information content (AvgIpc) is 3.12. The summed E-state index contributed by atoms with van der Waals surface area (Å²) in [6, 6.07) is 20.7. The zero-order chi connectivity index (χ0) is 26.1. The molecular formula is C26H20F6N2O2. The highest BCUT2D eigenvalue weighted by atomic mass is 19.4. The largest absolute Gasteiger partial charge is 0.573 e. The van der Waals surface area contributed by atoms with Crippen molar-refractivity contribution in [3.63, 3.8) is 0 Å². The summed E-state index contributed by atoms with van der Waals surface area (Å²) in [7, 11) is 0. The summed E-state index contributed by atoms with van der Waals surface area (Å²) in [6.07, 6.45) is -12.2. The van der Waals surface area contributed by atoms with Crippen molar-refractivity contribution in [3.05, 3.63) is 95.1 Å². The molecule has 0 amide bonds.